The van der Waals surface area contributed by atoms with E-state index < -0.39 is 29.3 Å². The number of rotatable bonds is 6. The molecule has 0 aromatic heterocycles. The van der Waals surface area contributed by atoms with Crippen LogP contribution < -0.4 is 5.32 Å². The maximum atomic E-state index is 11.5. The number of esters is 1. The van der Waals surface area contributed by atoms with E-state index in [2.05, 4.69) is 5.32 Å². The predicted octanol–water partition coefficient (Wildman–Crippen LogP) is 0.555. The van der Waals surface area contributed by atoms with Gasteiger partial charge in [0.1, 0.15) is 6.04 Å². The molecule has 0 radical (unpaired) electrons. The second-order valence-corrected chi connectivity index (χ2v) is 4.41. The normalized spacial score (nSPS) is 12.7. The van der Waals surface area contributed by atoms with Crippen LogP contribution in [-0.2, 0) is 19.1 Å². The third kappa shape index (κ3) is 5.33. The average molecular weight is 245 g/mol. The van der Waals surface area contributed by atoms with E-state index in [1.807, 2.05) is 0 Å². The van der Waals surface area contributed by atoms with E-state index in [1.54, 1.807) is 6.92 Å². The Morgan fingerprint density at radius 3 is 2.29 bits per heavy atom. The highest BCUT2D eigenvalue weighted by molar-refractivity contribution is 5.87. The lowest BCUT2D eigenvalue weighted by molar-refractivity contribution is -0.150. The molecule has 98 valence electrons. The highest BCUT2D eigenvalue weighted by atomic mass is 16.5. The van der Waals surface area contributed by atoms with Gasteiger partial charge in [-0.25, -0.2) is 4.79 Å². The fourth-order valence-corrected chi connectivity index (χ4v) is 1.10. The van der Waals surface area contributed by atoms with E-state index >= 15 is 0 Å². The number of amides is 1. The number of carboxylic acid groups (broad SMARTS) is 1. The predicted molar refractivity (Wildman–Crippen MR) is 60.3 cm³/mol. The van der Waals surface area contributed by atoms with Gasteiger partial charge in [0, 0.05) is 6.42 Å². The third-order valence-corrected chi connectivity index (χ3v) is 2.20. The lowest BCUT2D eigenvalue weighted by atomic mass is 9.89. The zero-order valence-electron chi connectivity index (χ0n) is 10.6. The molecule has 0 aromatic rings. The van der Waals surface area contributed by atoms with Gasteiger partial charge < -0.3 is 15.2 Å². The largest absolute Gasteiger partial charge is 0.481 e. The molecule has 0 fully saturated rings. The number of hydrogen-bond donors (Lipinski definition) is 2. The van der Waals surface area contributed by atoms with Gasteiger partial charge in [-0.3, -0.25) is 9.59 Å². The quantitative estimate of drug-likeness (QED) is 0.667. The number of aliphatic carboxylic acids is 1. The lowest BCUT2D eigenvalue weighted by Gasteiger charge is -2.19. The van der Waals surface area contributed by atoms with E-state index in [1.165, 1.54) is 20.8 Å². The Morgan fingerprint density at radius 1 is 1.35 bits per heavy atom. The van der Waals surface area contributed by atoms with E-state index in [0.29, 0.717) is 0 Å². The molecule has 0 aliphatic heterocycles. The molecule has 2 N–H and O–H groups in total. The first kappa shape index (κ1) is 15.4. The first-order valence-corrected chi connectivity index (χ1v) is 5.40. The monoisotopic (exact) mass is 245 g/mol. The first-order valence-electron chi connectivity index (χ1n) is 5.40. The maximum absolute atomic E-state index is 11.5. The minimum Gasteiger partial charge on any atom is -0.481 e. The molecule has 17 heavy (non-hydrogen) atoms. The molecule has 0 saturated heterocycles. The number of carbonyl (C=O) groups is 3. The van der Waals surface area contributed by atoms with Gasteiger partial charge in [0.05, 0.1) is 12.0 Å². The smallest absolute Gasteiger partial charge is 0.328 e. The van der Waals surface area contributed by atoms with Crippen LogP contribution >= 0.6 is 0 Å². The van der Waals surface area contributed by atoms with Gasteiger partial charge in [-0.15, -0.1) is 0 Å². The summed E-state index contributed by atoms with van der Waals surface area (Å²) in [5.74, 6) is -2.08. The molecule has 1 amide bonds. The number of nitrogens with one attached hydrogen (secondary N) is 1. The van der Waals surface area contributed by atoms with Crippen molar-refractivity contribution in [1.82, 2.24) is 5.32 Å². The molecule has 1 atom stereocenters. The minimum absolute atomic E-state index is 0.188. The average Bonchev–Trinajstić information content (AvgIpc) is 2.16. The molecule has 0 aromatic carbocycles. The van der Waals surface area contributed by atoms with Crippen LogP contribution in [0.5, 0.6) is 0 Å². The summed E-state index contributed by atoms with van der Waals surface area (Å²) in [7, 11) is 0. The third-order valence-electron chi connectivity index (χ3n) is 2.20. The van der Waals surface area contributed by atoms with Gasteiger partial charge in [0.15, 0.2) is 0 Å². The molecule has 0 heterocycles. The van der Waals surface area contributed by atoms with Crippen molar-refractivity contribution in [2.45, 2.75) is 40.2 Å². The summed E-state index contributed by atoms with van der Waals surface area (Å²) in [5, 5.41) is 11.2. The molecular formula is C11H19NO5. The molecule has 0 aliphatic rings. The van der Waals surface area contributed by atoms with E-state index in [-0.39, 0.29) is 13.0 Å². The van der Waals surface area contributed by atoms with Gasteiger partial charge >= 0.3 is 11.9 Å². The van der Waals surface area contributed by atoms with E-state index in [4.69, 9.17) is 9.84 Å². The van der Waals surface area contributed by atoms with E-state index in [0.717, 1.165) is 0 Å². The number of hydrogen-bond acceptors (Lipinski definition) is 4. The van der Waals surface area contributed by atoms with Crippen LogP contribution in [0.2, 0.25) is 0 Å². The fourth-order valence-electron chi connectivity index (χ4n) is 1.10. The van der Waals surface area contributed by atoms with Gasteiger partial charge in [0.2, 0.25) is 5.91 Å². The van der Waals surface area contributed by atoms with Crippen LogP contribution in [0.25, 0.3) is 0 Å². The van der Waals surface area contributed by atoms with Gasteiger partial charge in [-0.1, -0.05) is 0 Å². The van der Waals surface area contributed by atoms with Crippen molar-refractivity contribution in [2.24, 2.45) is 5.41 Å². The highest BCUT2D eigenvalue weighted by Crippen LogP contribution is 2.20. The van der Waals surface area contributed by atoms with Crippen molar-refractivity contribution in [1.29, 1.82) is 0 Å². The number of ether oxygens (including phenoxy) is 1. The van der Waals surface area contributed by atoms with Gasteiger partial charge in [-0.2, -0.15) is 0 Å². The first-order chi connectivity index (χ1) is 7.70. The standard InChI is InChI=1S/C11H19NO5/c1-5-17-9(14)7(2)12-8(13)6-11(3,4)10(15)16/h7H,5-6H2,1-4H3,(H,12,13)(H,15,16). The van der Waals surface area contributed by atoms with Crippen LogP contribution in [0.1, 0.15) is 34.1 Å². The summed E-state index contributed by atoms with van der Waals surface area (Å²) >= 11 is 0. The SMILES string of the molecule is CCOC(=O)C(C)NC(=O)CC(C)(C)C(=O)O. The Labute approximate surface area is 100 Å². The van der Waals surface area contributed by atoms with Crippen molar-refractivity contribution in [3.8, 4) is 0 Å². The topological polar surface area (TPSA) is 92.7 Å². The Hall–Kier alpha value is -1.59. The summed E-state index contributed by atoms with van der Waals surface area (Å²) < 4.78 is 4.71. The van der Waals surface area contributed by atoms with Crippen LogP contribution in [0.3, 0.4) is 0 Å². The fraction of sp³-hybridized carbons (Fsp3) is 0.727. The van der Waals surface area contributed by atoms with E-state index in [9.17, 15) is 14.4 Å². The Bertz CT molecular complexity index is 311. The van der Waals surface area contributed by atoms with Crippen LogP contribution in [0.15, 0.2) is 0 Å². The Balaban J connectivity index is 4.28. The van der Waals surface area contributed by atoms with Crippen molar-refractivity contribution in [3.05, 3.63) is 0 Å². The molecule has 0 aliphatic carbocycles. The number of carboxylic acids is 1. The summed E-state index contributed by atoms with van der Waals surface area (Å²) in [6, 6.07) is -0.771. The lowest BCUT2D eigenvalue weighted by Crippen LogP contribution is -2.42. The van der Waals surface area contributed by atoms with Crippen molar-refractivity contribution in [2.75, 3.05) is 6.61 Å². The molecule has 0 saturated carbocycles. The van der Waals surface area contributed by atoms with Gasteiger partial charge in [0.25, 0.3) is 0 Å². The van der Waals surface area contributed by atoms with Crippen LogP contribution in [0.4, 0.5) is 0 Å². The molecule has 6 nitrogen and oxygen atoms in total. The zero-order chi connectivity index (χ0) is 13.6. The minimum atomic E-state index is -1.15. The molecular weight excluding hydrogens is 226 g/mol. The van der Waals surface area contributed by atoms with Crippen molar-refractivity contribution < 1.29 is 24.2 Å². The zero-order valence-corrected chi connectivity index (χ0v) is 10.6. The maximum Gasteiger partial charge on any atom is 0.328 e. The summed E-state index contributed by atoms with van der Waals surface area (Å²) in [6.07, 6.45) is -0.188. The Morgan fingerprint density at radius 2 is 1.88 bits per heavy atom. The summed E-state index contributed by atoms with van der Waals surface area (Å²) in [5.41, 5.74) is -1.15. The molecule has 6 heteroatoms. The second kappa shape index (κ2) is 6.22. The summed E-state index contributed by atoms with van der Waals surface area (Å²) in [6.45, 7) is 6.29. The van der Waals surface area contributed by atoms with Crippen LogP contribution in [0, 0.1) is 5.41 Å². The van der Waals surface area contributed by atoms with Crippen LogP contribution in [-0.4, -0.2) is 35.6 Å². The number of carbonyl (C=O) groups excluding carboxylic acids is 2. The van der Waals surface area contributed by atoms with Crippen molar-refractivity contribution >= 4 is 17.8 Å². The Kier molecular flexibility index (Phi) is 5.64. The van der Waals surface area contributed by atoms with Crippen molar-refractivity contribution in [3.63, 3.8) is 0 Å². The molecule has 0 rings (SSSR count). The molecule has 0 bridgehead atoms. The molecule has 1 unspecified atom stereocenters. The second-order valence-electron chi connectivity index (χ2n) is 4.41. The molecule has 0 spiro atoms. The highest BCUT2D eigenvalue weighted by Gasteiger charge is 2.31. The van der Waals surface area contributed by atoms with Gasteiger partial charge in [-0.05, 0) is 27.7 Å². The summed E-state index contributed by atoms with van der Waals surface area (Å²) in [4.78, 5) is 33.5.